The molecule has 3 rings (SSSR count). The molecule has 0 radical (unpaired) electrons. The Morgan fingerprint density at radius 2 is 1.61 bits per heavy atom. The number of benzene rings is 2. The zero-order valence-corrected chi connectivity index (χ0v) is 22.7. The molecule has 1 saturated carbocycles. The smallest absolute Gasteiger partial charge is 0.343 e. The van der Waals surface area contributed by atoms with Gasteiger partial charge in [0.1, 0.15) is 11.5 Å². The van der Waals surface area contributed by atoms with Gasteiger partial charge in [0.2, 0.25) is 0 Å². The molecule has 0 unspecified atom stereocenters. The maximum atomic E-state index is 12.6. The van der Waals surface area contributed by atoms with E-state index in [9.17, 15) is 4.79 Å². The predicted molar refractivity (Wildman–Crippen MR) is 150 cm³/mol. The van der Waals surface area contributed by atoms with Gasteiger partial charge in [-0.15, -0.1) is 0 Å². The normalized spacial score (nSPS) is 18.8. The molecule has 0 saturated heterocycles. The minimum atomic E-state index is -0.335. The molecule has 1 atom stereocenters. The maximum Gasteiger partial charge on any atom is 0.343 e. The first-order valence-electron chi connectivity index (χ1n) is 14.3. The average molecular weight is 491 g/mol. The molecular weight excluding hydrogens is 444 g/mol. The molecule has 1 fully saturated rings. The van der Waals surface area contributed by atoms with Crippen LogP contribution in [0.5, 0.6) is 11.5 Å². The highest BCUT2D eigenvalue weighted by Gasteiger charge is 2.21. The highest BCUT2D eigenvalue weighted by Crippen LogP contribution is 2.37. The number of hydrogen-bond donors (Lipinski definition) is 0. The van der Waals surface area contributed by atoms with Gasteiger partial charge in [-0.05, 0) is 98.2 Å². The van der Waals surface area contributed by atoms with Crippen molar-refractivity contribution in [3.63, 3.8) is 0 Å². The molecule has 3 nitrogen and oxygen atoms in total. The summed E-state index contributed by atoms with van der Waals surface area (Å²) in [6.45, 7) is 7.51. The van der Waals surface area contributed by atoms with E-state index in [0.717, 1.165) is 24.0 Å². The Kier molecular flexibility index (Phi) is 12.1. The van der Waals surface area contributed by atoms with Crippen molar-refractivity contribution in [2.75, 3.05) is 6.61 Å². The molecule has 196 valence electrons. The van der Waals surface area contributed by atoms with E-state index in [1.54, 1.807) is 12.1 Å². The van der Waals surface area contributed by atoms with Crippen molar-refractivity contribution in [2.45, 2.75) is 97.3 Å². The minimum Gasteiger partial charge on any atom is -0.494 e. The summed E-state index contributed by atoms with van der Waals surface area (Å²) in [4.78, 5) is 12.6. The van der Waals surface area contributed by atoms with E-state index in [-0.39, 0.29) is 5.97 Å². The zero-order valence-electron chi connectivity index (χ0n) is 22.7. The van der Waals surface area contributed by atoms with Crippen molar-refractivity contribution in [1.82, 2.24) is 0 Å². The summed E-state index contributed by atoms with van der Waals surface area (Å²) in [5.41, 5.74) is 1.89. The third-order valence-electron chi connectivity index (χ3n) is 7.59. The molecule has 1 aliphatic carbocycles. The third-order valence-corrected chi connectivity index (χ3v) is 7.59. The Hall–Kier alpha value is -2.55. The second-order valence-corrected chi connectivity index (χ2v) is 10.5. The van der Waals surface area contributed by atoms with E-state index >= 15 is 0 Å². The zero-order chi connectivity index (χ0) is 25.6. The van der Waals surface area contributed by atoms with Crippen LogP contribution in [0.4, 0.5) is 0 Å². The highest BCUT2D eigenvalue weighted by atomic mass is 16.5. The Morgan fingerprint density at radius 3 is 2.28 bits per heavy atom. The van der Waals surface area contributed by atoms with Crippen molar-refractivity contribution < 1.29 is 14.3 Å². The van der Waals surface area contributed by atoms with Crippen LogP contribution in [0, 0.1) is 11.8 Å². The number of carbonyl (C=O) groups is 1. The molecule has 0 spiro atoms. The molecule has 0 aromatic heterocycles. The van der Waals surface area contributed by atoms with Crippen LogP contribution >= 0.6 is 0 Å². The predicted octanol–water partition coefficient (Wildman–Crippen LogP) is 9.52. The van der Waals surface area contributed by atoms with Crippen molar-refractivity contribution in [3.05, 3.63) is 71.8 Å². The summed E-state index contributed by atoms with van der Waals surface area (Å²) in [5.74, 6) is 3.23. The molecule has 0 heterocycles. The van der Waals surface area contributed by atoms with Gasteiger partial charge >= 0.3 is 5.97 Å². The number of rotatable bonds is 14. The fraction of sp³-hybridized carbons (Fsp3) is 0.545. The lowest BCUT2D eigenvalue weighted by molar-refractivity contribution is 0.0734. The van der Waals surface area contributed by atoms with Gasteiger partial charge in [-0.1, -0.05) is 77.2 Å². The van der Waals surface area contributed by atoms with Crippen molar-refractivity contribution in [1.29, 1.82) is 0 Å². The summed E-state index contributed by atoms with van der Waals surface area (Å²) in [6.07, 6.45) is 18.3. The van der Waals surface area contributed by atoms with Gasteiger partial charge in [-0.25, -0.2) is 4.79 Å². The van der Waals surface area contributed by atoms with Gasteiger partial charge in [0.05, 0.1) is 12.2 Å². The van der Waals surface area contributed by atoms with Crippen LogP contribution in [0.2, 0.25) is 0 Å². The summed E-state index contributed by atoms with van der Waals surface area (Å²) < 4.78 is 11.5. The molecule has 2 aromatic rings. The van der Waals surface area contributed by atoms with Crippen LogP contribution in [-0.2, 0) is 0 Å². The van der Waals surface area contributed by atoms with E-state index in [2.05, 4.69) is 45.1 Å². The van der Waals surface area contributed by atoms with E-state index < -0.39 is 0 Å². The van der Waals surface area contributed by atoms with Crippen molar-refractivity contribution >= 4 is 5.97 Å². The average Bonchev–Trinajstić information content (AvgIpc) is 2.92. The summed E-state index contributed by atoms with van der Waals surface area (Å²) in [6, 6.07) is 15.4. The first-order valence-corrected chi connectivity index (χ1v) is 14.3. The SMILES string of the molecule is CCC/C=C\C1CCC(c2ccc(OC(=O)c3ccc(OCCCCC[C@@H](C)CC)cc3)cc2)CC1. The second kappa shape index (κ2) is 15.5. The van der Waals surface area contributed by atoms with Gasteiger partial charge in [0, 0.05) is 0 Å². The third kappa shape index (κ3) is 9.48. The first-order chi connectivity index (χ1) is 17.6. The van der Waals surface area contributed by atoms with Crippen LogP contribution in [0.1, 0.15) is 113 Å². The van der Waals surface area contributed by atoms with E-state index in [0.29, 0.717) is 23.8 Å². The molecular formula is C33H46O3. The largest absolute Gasteiger partial charge is 0.494 e. The van der Waals surface area contributed by atoms with Crippen LogP contribution in [0.15, 0.2) is 60.7 Å². The monoisotopic (exact) mass is 490 g/mol. The molecule has 3 heteroatoms. The number of unbranched alkanes of at least 4 members (excludes halogenated alkanes) is 3. The molecule has 36 heavy (non-hydrogen) atoms. The van der Waals surface area contributed by atoms with E-state index in [1.165, 1.54) is 69.8 Å². The topological polar surface area (TPSA) is 35.5 Å². The summed E-state index contributed by atoms with van der Waals surface area (Å²) in [5, 5.41) is 0. The number of carbonyl (C=O) groups excluding carboxylic acids is 1. The number of hydrogen-bond acceptors (Lipinski definition) is 3. The Labute approximate surface area is 219 Å². The Morgan fingerprint density at radius 1 is 0.917 bits per heavy atom. The number of ether oxygens (including phenoxy) is 2. The van der Waals surface area contributed by atoms with Gasteiger partial charge in [-0.3, -0.25) is 0 Å². The van der Waals surface area contributed by atoms with Crippen molar-refractivity contribution in [2.24, 2.45) is 11.8 Å². The quantitative estimate of drug-likeness (QED) is 0.114. The lowest BCUT2D eigenvalue weighted by Gasteiger charge is -2.27. The van der Waals surface area contributed by atoms with Crippen LogP contribution in [-0.4, -0.2) is 12.6 Å². The number of esters is 1. The Bertz CT molecular complexity index is 905. The van der Waals surface area contributed by atoms with E-state index in [4.69, 9.17) is 9.47 Å². The molecule has 0 aliphatic heterocycles. The lowest BCUT2D eigenvalue weighted by atomic mass is 9.78. The van der Waals surface area contributed by atoms with Gasteiger partial charge in [0.25, 0.3) is 0 Å². The second-order valence-electron chi connectivity index (χ2n) is 10.5. The molecule has 0 N–H and O–H groups in total. The van der Waals surface area contributed by atoms with Crippen LogP contribution in [0.25, 0.3) is 0 Å². The van der Waals surface area contributed by atoms with Gasteiger partial charge in [-0.2, -0.15) is 0 Å². The lowest BCUT2D eigenvalue weighted by Crippen LogP contribution is -2.12. The summed E-state index contributed by atoms with van der Waals surface area (Å²) in [7, 11) is 0. The van der Waals surface area contributed by atoms with Crippen LogP contribution < -0.4 is 9.47 Å². The fourth-order valence-corrected chi connectivity index (χ4v) is 4.93. The van der Waals surface area contributed by atoms with Gasteiger partial charge in [0.15, 0.2) is 0 Å². The van der Waals surface area contributed by atoms with Crippen LogP contribution in [0.3, 0.4) is 0 Å². The standard InChI is InChI=1S/C33H46O3/c1-4-6-8-12-27-13-15-28(16-14-27)29-17-23-32(24-18-29)36-33(34)30-19-21-31(22-20-30)35-25-10-7-9-11-26(3)5-2/h8,12,17-24,26-28H,4-7,9-11,13-16,25H2,1-3H3/b12-8-/t26-,27?,28?/m0/s1. The fourth-order valence-electron chi connectivity index (χ4n) is 4.93. The molecule has 1 aliphatic rings. The Balaban J connectivity index is 1.39. The van der Waals surface area contributed by atoms with Crippen molar-refractivity contribution in [3.8, 4) is 11.5 Å². The molecule has 2 aromatic carbocycles. The molecule has 0 bridgehead atoms. The van der Waals surface area contributed by atoms with Gasteiger partial charge < -0.3 is 9.47 Å². The molecule has 0 amide bonds. The first kappa shape index (κ1) is 28.0. The number of allylic oxidation sites excluding steroid dienone is 2. The minimum absolute atomic E-state index is 0.335. The summed E-state index contributed by atoms with van der Waals surface area (Å²) >= 11 is 0. The van der Waals surface area contributed by atoms with E-state index in [1.807, 2.05) is 24.3 Å². The highest BCUT2D eigenvalue weighted by molar-refractivity contribution is 5.91. The maximum absolute atomic E-state index is 12.6.